The van der Waals surface area contributed by atoms with Gasteiger partial charge in [0, 0.05) is 25.3 Å². The molecule has 1 fully saturated rings. The number of aromatic amines is 1. The minimum atomic E-state index is 0.0551. The second-order valence-electron chi connectivity index (χ2n) is 5.11. The highest BCUT2D eigenvalue weighted by atomic mass is 16.5. The second-order valence-corrected chi connectivity index (χ2v) is 5.11. The number of ether oxygens (including phenoxy) is 1. The number of nitrogens with zero attached hydrogens (tertiary/aromatic N) is 2. The van der Waals surface area contributed by atoms with E-state index in [1.807, 2.05) is 30.0 Å². The molecule has 1 unspecified atom stereocenters. The van der Waals surface area contributed by atoms with E-state index in [2.05, 4.69) is 9.97 Å². The number of benzene rings is 1. The standard InChI is InChI=1S/C15H19N3O2/c1-2-18(9-12-4-3-7-20-12)15(19)11-5-6-13-14(8-11)17-10-16-13/h5-6,8,10,12H,2-4,7,9H2,1H3,(H,16,17). The van der Waals surface area contributed by atoms with Crippen LogP contribution in [-0.2, 0) is 4.74 Å². The summed E-state index contributed by atoms with van der Waals surface area (Å²) in [5, 5.41) is 0. The zero-order chi connectivity index (χ0) is 13.9. The van der Waals surface area contributed by atoms with E-state index >= 15 is 0 Å². The average molecular weight is 273 g/mol. The van der Waals surface area contributed by atoms with E-state index in [9.17, 15) is 4.79 Å². The van der Waals surface area contributed by atoms with Gasteiger partial charge in [-0.25, -0.2) is 4.98 Å². The molecule has 1 aliphatic rings. The first-order chi connectivity index (χ1) is 9.78. The van der Waals surface area contributed by atoms with Gasteiger partial charge in [-0.3, -0.25) is 4.79 Å². The van der Waals surface area contributed by atoms with Crippen LogP contribution in [0, 0.1) is 0 Å². The first-order valence-corrected chi connectivity index (χ1v) is 7.12. The van der Waals surface area contributed by atoms with Crippen LogP contribution in [0.3, 0.4) is 0 Å². The van der Waals surface area contributed by atoms with Crippen molar-refractivity contribution in [3.8, 4) is 0 Å². The van der Waals surface area contributed by atoms with E-state index in [-0.39, 0.29) is 12.0 Å². The number of carbonyl (C=O) groups is 1. The van der Waals surface area contributed by atoms with Gasteiger partial charge in [0.25, 0.3) is 5.91 Å². The molecule has 20 heavy (non-hydrogen) atoms. The van der Waals surface area contributed by atoms with Crippen molar-refractivity contribution < 1.29 is 9.53 Å². The minimum absolute atomic E-state index is 0.0551. The number of hydrogen-bond acceptors (Lipinski definition) is 3. The Morgan fingerprint density at radius 1 is 1.55 bits per heavy atom. The predicted octanol–water partition coefficient (Wildman–Crippen LogP) is 2.20. The predicted molar refractivity (Wildman–Crippen MR) is 76.6 cm³/mol. The maximum atomic E-state index is 12.6. The van der Waals surface area contributed by atoms with Gasteiger partial charge in [-0.15, -0.1) is 0 Å². The van der Waals surface area contributed by atoms with Crippen molar-refractivity contribution in [3.05, 3.63) is 30.1 Å². The van der Waals surface area contributed by atoms with Crippen molar-refractivity contribution in [2.75, 3.05) is 19.7 Å². The summed E-state index contributed by atoms with van der Waals surface area (Å²) in [5.41, 5.74) is 2.47. The number of amides is 1. The Balaban J connectivity index is 1.77. The molecule has 1 amide bonds. The number of nitrogens with one attached hydrogen (secondary N) is 1. The van der Waals surface area contributed by atoms with E-state index in [1.54, 1.807) is 6.33 Å². The van der Waals surface area contributed by atoms with Crippen LogP contribution in [-0.4, -0.2) is 46.6 Å². The maximum absolute atomic E-state index is 12.6. The number of aromatic nitrogens is 2. The molecule has 0 radical (unpaired) electrons. The molecule has 1 N–H and O–H groups in total. The quantitative estimate of drug-likeness (QED) is 0.929. The van der Waals surface area contributed by atoms with Crippen LogP contribution >= 0.6 is 0 Å². The van der Waals surface area contributed by atoms with Crippen molar-refractivity contribution in [1.82, 2.24) is 14.9 Å². The third kappa shape index (κ3) is 2.54. The molecule has 0 saturated carbocycles. The van der Waals surface area contributed by atoms with Gasteiger partial charge in [0.2, 0.25) is 0 Å². The Morgan fingerprint density at radius 2 is 2.45 bits per heavy atom. The molecule has 1 saturated heterocycles. The molecule has 106 valence electrons. The first-order valence-electron chi connectivity index (χ1n) is 7.12. The molecule has 3 rings (SSSR count). The Labute approximate surface area is 117 Å². The highest BCUT2D eigenvalue weighted by molar-refractivity contribution is 5.97. The van der Waals surface area contributed by atoms with Crippen molar-refractivity contribution in [2.45, 2.75) is 25.9 Å². The van der Waals surface area contributed by atoms with Crippen molar-refractivity contribution in [3.63, 3.8) is 0 Å². The van der Waals surface area contributed by atoms with E-state index in [0.717, 1.165) is 30.5 Å². The van der Waals surface area contributed by atoms with Gasteiger partial charge in [0.1, 0.15) is 0 Å². The van der Waals surface area contributed by atoms with Crippen LogP contribution in [0.2, 0.25) is 0 Å². The lowest BCUT2D eigenvalue weighted by atomic mass is 10.1. The number of likely N-dealkylation sites (N-methyl/N-ethyl adjacent to an activating group) is 1. The number of imidazole rings is 1. The van der Waals surface area contributed by atoms with Gasteiger partial charge in [-0.05, 0) is 38.0 Å². The SMILES string of the molecule is CCN(CC1CCCO1)C(=O)c1ccc2nc[nH]c2c1. The average Bonchev–Trinajstić information content (AvgIpc) is 3.14. The maximum Gasteiger partial charge on any atom is 0.254 e. The topological polar surface area (TPSA) is 58.2 Å². The molecule has 0 spiro atoms. The van der Waals surface area contributed by atoms with E-state index in [1.165, 1.54) is 0 Å². The van der Waals surface area contributed by atoms with Crippen LogP contribution in [0.1, 0.15) is 30.1 Å². The molecule has 0 aliphatic carbocycles. The molecule has 2 heterocycles. The van der Waals surface area contributed by atoms with Crippen LogP contribution in [0.5, 0.6) is 0 Å². The lowest BCUT2D eigenvalue weighted by Gasteiger charge is -2.24. The molecule has 5 nitrogen and oxygen atoms in total. The highest BCUT2D eigenvalue weighted by Crippen LogP contribution is 2.17. The molecule has 5 heteroatoms. The number of carbonyl (C=O) groups excluding carboxylic acids is 1. The zero-order valence-electron chi connectivity index (χ0n) is 11.6. The summed E-state index contributed by atoms with van der Waals surface area (Å²) in [6.07, 6.45) is 3.97. The Kier molecular flexibility index (Phi) is 3.69. The summed E-state index contributed by atoms with van der Waals surface area (Å²) >= 11 is 0. The Bertz CT molecular complexity index is 602. The van der Waals surface area contributed by atoms with E-state index in [0.29, 0.717) is 18.7 Å². The van der Waals surface area contributed by atoms with Gasteiger partial charge in [-0.2, -0.15) is 0 Å². The van der Waals surface area contributed by atoms with E-state index < -0.39 is 0 Å². The zero-order valence-corrected chi connectivity index (χ0v) is 11.6. The molecular weight excluding hydrogens is 254 g/mol. The first kappa shape index (κ1) is 13.1. The number of rotatable bonds is 4. The summed E-state index contributed by atoms with van der Waals surface area (Å²) in [6, 6.07) is 5.57. The smallest absolute Gasteiger partial charge is 0.254 e. The van der Waals surface area contributed by atoms with E-state index in [4.69, 9.17) is 4.74 Å². The molecule has 1 aliphatic heterocycles. The summed E-state index contributed by atoms with van der Waals surface area (Å²) in [7, 11) is 0. The van der Waals surface area contributed by atoms with Gasteiger partial charge in [0.15, 0.2) is 0 Å². The fourth-order valence-electron chi connectivity index (χ4n) is 2.64. The molecular formula is C15H19N3O2. The number of H-pyrrole nitrogens is 1. The molecule has 1 atom stereocenters. The summed E-state index contributed by atoms with van der Waals surface area (Å²) in [4.78, 5) is 21.6. The fraction of sp³-hybridized carbons (Fsp3) is 0.467. The number of fused-ring (bicyclic) bond motifs is 1. The summed E-state index contributed by atoms with van der Waals surface area (Å²) < 4.78 is 5.62. The van der Waals surface area contributed by atoms with Crippen molar-refractivity contribution in [2.24, 2.45) is 0 Å². The number of hydrogen-bond donors (Lipinski definition) is 1. The molecule has 1 aromatic heterocycles. The van der Waals surface area contributed by atoms with Gasteiger partial charge in [0.05, 0.1) is 23.5 Å². The van der Waals surface area contributed by atoms with Crippen LogP contribution < -0.4 is 0 Å². The molecule has 2 aromatic rings. The summed E-state index contributed by atoms with van der Waals surface area (Å²) in [6.45, 7) is 4.19. The van der Waals surface area contributed by atoms with Gasteiger partial charge in [-0.1, -0.05) is 0 Å². The highest BCUT2D eigenvalue weighted by Gasteiger charge is 2.22. The van der Waals surface area contributed by atoms with Crippen LogP contribution in [0.15, 0.2) is 24.5 Å². The summed E-state index contributed by atoms with van der Waals surface area (Å²) in [5.74, 6) is 0.0551. The van der Waals surface area contributed by atoms with Crippen LogP contribution in [0.25, 0.3) is 11.0 Å². The third-order valence-corrected chi connectivity index (χ3v) is 3.78. The normalized spacial score (nSPS) is 18.6. The Morgan fingerprint density at radius 3 is 3.20 bits per heavy atom. The lowest BCUT2D eigenvalue weighted by Crippen LogP contribution is -2.37. The van der Waals surface area contributed by atoms with Gasteiger partial charge >= 0.3 is 0 Å². The largest absolute Gasteiger partial charge is 0.376 e. The molecule has 1 aromatic carbocycles. The lowest BCUT2D eigenvalue weighted by molar-refractivity contribution is 0.0539. The van der Waals surface area contributed by atoms with Crippen molar-refractivity contribution >= 4 is 16.9 Å². The third-order valence-electron chi connectivity index (χ3n) is 3.78. The molecule has 0 bridgehead atoms. The minimum Gasteiger partial charge on any atom is -0.376 e. The van der Waals surface area contributed by atoms with Crippen LogP contribution in [0.4, 0.5) is 0 Å². The van der Waals surface area contributed by atoms with Gasteiger partial charge < -0.3 is 14.6 Å². The monoisotopic (exact) mass is 273 g/mol. The fourth-order valence-corrected chi connectivity index (χ4v) is 2.64. The van der Waals surface area contributed by atoms with Crippen molar-refractivity contribution in [1.29, 1.82) is 0 Å². The Hall–Kier alpha value is -1.88. The second kappa shape index (κ2) is 5.63.